The number of rotatable bonds is 8. The zero-order chi connectivity index (χ0) is 24.3. The van der Waals surface area contributed by atoms with Gasteiger partial charge in [0.25, 0.3) is 5.56 Å². The van der Waals surface area contributed by atoms with Crippen LogP contribution in [0.15, 0.2) is 35.5 Å². The molecular formula is C20H22F4N8O2. The van der Waals surface area contributed by atoms with Gasteiger partial charge in [-0.2, -0.15) is 18.3 Å². The van der Waals surface area contributed by atoms with E-state index in [-0.39, 0.29) is 25.1 Å². The summed E-state index contributed by atoms with van der Waals surface area (Å²) in [5, 5.41) is 16.1. The summed E-state index contributed by atoms with van der Waals surface area (Å²) >= 11 is 0. The summed E-state index contributed by atoms with van der Waals surface area (Å²) in [5.41, 5.74) is -2.50. The Bertz CT molecular complexity index is 1160. The first-order chi connectivity index (χ1) is 16.2. The van der Waals surface area contributed by atoms with E-state index in [1.807, 2.05) is 4.90 Å². The third-order valence-electron chi connectivity index (χ3n) is 5.29. The number of hydrogen-bond donors (Lipinski definition) is 2. The first-order valence-corrected chi connectivity index (χ1v) is 10.5. The molecule has 182 valence electrons. The van der Waals surface area contributed by atoms with Crippen molar-refractivity contribution in [3.8, 4) is 0 Å². The summed E-state index contributed by atoms with van der Waals surface area (Å²) in [7, 11) is 0. The Hall–Kier alpha value is -3.55. The SMILES string of the molecule is CC(COCc1cn(C2CCN(c3ccc(F)cn3)C2)nn1)Nc1cn[nH]c(=O)c1C(F)(F)F. The molecule has 0 bridgehead atoms. The van der Waals surface area contributed by atoms with Gasteiger partial charge in [-0.15, -0.1) is 5.10 Å². The van der Waals surface area contributed by atoms with E-state index in [9.17, 15) is 22.4 Å². The molecule has 1 aliphatic heterocycles. The number of H-pyrrole nitrogens is 1. The van der Waals surface area contributed by atoms with E-state index in [0.717, 1.165) is 19.2 Å². The quantitative estimate of drug-likeness (QED) is 0.471. The average molecular weight is 482 g/mol. The van der Waals surface area contributed by atoms with E-state index in [1.54, 1.807) is 29.0 Å². The molecule has 0 radical (unpaired) electrons. The molecule has 3 aromatic rings. The Morgan fingerprint density at radius 3 is 2.88 bits per heavy atom. The summed E-state index contributed by atoms with van der Waals surface area (Å²) in [4.78, 5) is 17.7. The first kappa shape index (κ1) is 23.6. The number of anilines is 2. The van der Waals surface area contributed by atoms with Gasteiger partial charge in [0, 0.05) is 19.1 Å². The number of hydrogen-bond acceptors (Lipinski definition) is 8. The van der Waals surface area contributed by atoms with E-state index >= 15 is 0 Å². The zero-order valence-corrected chi connectivity index (χ0v) is 18.1. The highest BCUT2D eigenvalue weighted by molar-refractivity contribution is 5.50. The minimum Gasteiger partial charge on any atom is -0.378 e. The van der Waals surface area contributed by atoms with E-state index in [4.69, 9.17) is 4.74 Å². The van der Waals surface area contributed by atoms with Crippen LogP contribution in [-0.2, 0) is 17.5 Å². The number of alkyl halides is 3. The second-order valence-corrected chi connectivity index (χ2v) is 7.96. The van der Waals surface area contributed by atoms with Crippen molar-refractivity contribution in [2.75, 3.05) is 29.9 Å². The van der Waals surface area contributed by atoms with Gasteiger partial charge in [0.15, 0.2) is 0 Å². The van der Waals surface area contributed by atoms with Crippen molar-refractivity contribution in [3.63, 3.8) is 0 Å². The van der Waals surface area contributed by atoms with Crippen LogP contribution < -0.4 is 15.8 Å². The fourth-order valence-corrected chi connectivity index (χ4v) is 3.72. The average Bonchev–Trinajstić information content (AvgIpc) is 3.43. The second-order valence-electron chi connectivity index (χ2n) is 7.96. The molecule has 4 rings (SSSR count). The minimum atomic E-state index is -4.82. The molecule has 0 saturated carbocycles. The van der Waals surface area contributed by atoms with Crippen LogP contribution in [0.5, 0.6) is 0 Å². The Kier molecular flexibility index (Phi) is 6.77. The smallest absolute Gasteiger partial charge is 0.378 e. The molecule has 0 aromatic carbocycles. The molecule has 4 heterocycles. The molecule has 1 saturated heterocycles. The van der Waals surface area contributed by atoms with Gasteiger partial charge in [-0.3, -0.25) is 4.79 Å². The van der Waals surface area contributed by atoms with Crippen molar-refractivity contribution in [1.29, 1.82) is 0 Å². The molecule has 0 aliphatic carbocycles. The van der Waals surface area contributed by atoms with Crippen molar-refractivity contribution >= 4 is 11.5 Å². The van der Waals surface area contributed by atoms with E-state index < -0.39 is 29.0 Å². The number of nitrogens with zero attached hydrogens (tertiary/aromatic N) is 6. The van der Waals surface area contributed by atoms with Gasteiger partial charge in [-0.05, 0) is 25.5 Å². The maximum Gasteiger partial charge on any atom is 0.423 e. The topological polar surface area (TPSA) is 114 Å². The largest absolute Gasteiger partial charge is 0.423 e. The highest BCUT2D eigenvalue weighted by Crippen LogP contribution is 2.31. The van der Waals surface area contributed by atoms with Crippen LogP contribution in [0.1, 0.15) is 30.6 Å². The molecule has 2 unspecified atom stereocenters. The van der Waals surface area contributed by atoms with Gasteiger partial charge in [0.1, 0.15) is 22.9 Å². The van der Waals surface area contributed by atoms with Crippen LogP contribution in [0.25, 0.3) is 0 Å². The molecule has 10 nitrogen and oxygen atoms in total. The number of aromatic nitrogens is 6. The monoisotopic (exact) mass is 482 g/mol. The van der Waals surface area contributed by atoms with Crippen LogP contribution in [0, 0.1) is 5.82 Å². The van der Waals surface area contributed by atoms with Gasteiger partial charge in [-0.25, -0.2) is 19.2 Å². The fourth-order valence-electron chi connectivity index (χ4n) is 3.72. The Labute approximate surface area is 190 Å². The van der Waals surface area contributed by atoms with Crippen LogP contribution in [0.2, 0.25) is 0 Å². The standard InChI is InChI=1S/C20H22F4N8O2/c1-12(27-16-7-26-29-19(33)18(16)20(22,23)24)10-34-11-14-8-32(30-28-14)15-4-5-31(9-15)17-3-2-13(21)6-25-17/h2-3,6-8,12,15H,4-5,9-11H2,1H3,(H2,27,29,33). The van der Waals surface area contributed by atoms with E-state index in [0.29, 0.717) is 18.1 Å². The Balaban J connectivity index is 1.28. The fraction of sp³-hybridized carbons (Fsp3) is 0.450. The molecule has 2 atom stereocenters. The maximum atomic E-state index is 13.1. The van der Waals surface area contributed by atoms with Gasteiger partial charge in [-0.1, -0.05) is 5.21 Å². The lowest BCUT2D eigenvalue weighted by Crippen LogP contribution is -2.29. The van der Waals surface area contributed by atoms with Gasteiger partial charge >= 0.3 is 6.18 Å². The molecule has 14 heteroatoms. The lowest BCUT2D eigenvalue weighted by Gasteiger charge is -2.18. The van der Waals surface area contributed by atoms with Crippen molar-refractivity contribution < 1.29 is 22.3 Å². The Morgan fingerprint density at radius 1 is 1.32 bits per heavy atom. The normalized spacial score (nSPS) is 17.2. The molecule has 1 aliphatic rings. The molecule has 0 amide bonds. The number of pyridine rings is 1. The highest BCUT2D eigenvalue weighted by atomic mass is 19.4. The van der Waals surface area contributed by atoms with Crippen LogP contribution >= 0.6 is 0 Å². The first-order valence-electron chi connectivity index (χ1n) is 10.5. The van der Waals surface area contributed by atoms with E-state index in [2.05, 4.69) is 25.7 Å². The second kappa shape index (κ2) is 9.75. The predicted molar refractivity (Wildman–Crippen MR) is 113 cm³/mol. The summed E-state index contributed by atoms with van der Waals surface area (Å²) in [5.74, 6) is 0.304. The lowest BCUT2D eigenvalue weighted by atomic mass is 10.2. The van der Waals surface area contributed by atoms with Crippen molar-refractivity contribution in [2.45, 2.75) is 38.2 Å². The summed E-state index contributed by atoms with van der Waals surface area (Å²) in [6, 6.07) is 2.53. The molecule has 2 N–H and O–H groups in total. The van der Waals surface area contributed by atoms with Crippen LogP contribution in [0.4, 0.5) is 29.1 Å². The minimum absolute atomic E-state index is 0.0599. The van der Waals surface area contributed by atoms with Gasteiger partial charge in [0.2, 0.25) is 0 Å². The van der Waals surface area contributed by atoms with Crippen molar-refractivity contribution in [2.24, 2.45) is 0 Å². The third-order valence-corrected chi connectivity index (χ3v) is 5.29. The molecule has 3 aromatic heterocycles. The van der Waals surface area contributed by atoms with Crippen molar-refractivity contribution in [3.05, 3.63) is 58.2 Å². The summed E-state index contributed by atoms with van der Waals surface area (Å²) < 4.78 is 59.8. The van der Waals surface area contributed by atoms with Crippen LogP contribution in [-0.4, -0.2) is 55.9 Å². The maximum absolute atomic E-state index is 13.1. The number of ether oxygens (including phenoxy) is 1. The number of halogens is 4. The summed E-state index contributed by atoms with van der Waals surface area (Å²) in [6.45, 7) is 3.19. The predicted octanol–water partition coefficient (Wildman–Crippen LogP) is 2.38. The summed E-state index contributed by atoms with van der Waals surface area (Å²) in [6.07, 6.45) is -0.152. The molecule has 1 fully saturated rings. The zero-order valence-electron chi connectivity index (χ0n) is 18.1. The molecule has 34 heavy (non-hydrogen) atoms. The molecular weight excluding hydrogens is 460 g/mol. The number of aromatic amines is 1. The van der Waals surface area contributed by atoms with Gasteiger partial charge in [0.05, 0.1) is 43.5 Å². The van der Waals surface area contributed by atoms with Crippen molar-refractivity contribution in [1.82, 2.24) is 30.2 Å². The molecule has 0 spiro atoms. The Morgan fingerprint density at radius 2 is 2.15 bits per heavy atom. The van der Waals surface area contributed by atoms with Gasteiger partial charge < -0.3 is 15.0 Å². The lowest BCUT2D eigenvalue weighted by molar-refractivity contribution is -0.138. The number of nitrogens with one attached hydrogen (secondary N) is 2. The third kappa shape index (κ3) is 5.50. The highest BCUT2D eigenvalue weighted by Gasteiger charge is 2.37. The van der Waals surface area contributed by atoms with E-state index in [1.165, 1.54) is 12.3 Å². The van der Waals surface area contributed by atoms with Crippen LogP contribution in [0.3, 0.4) is 0 Å².